The highest BCUT2D eigenvalue weighted by molar-refractivity contribution is 14.0. The number of hydrogen-bond acceptors (Lipinski definition) is 4. The number of likely N-dealkylation sites (N-methyl/N-ethyl adjacent to an activating group) is 1. The van der Waals surface area contributed by atoms with Gasteiger partial charge in [0.05, 0.1) is 6.61 Å². The first-order valence-corrected chi connectivity index (χ1v) is 8.18. The highest BCUT2D eigenvalue weighted by Gasteiger charge is 2.10. The Morgan fingerprint density at radius 2 is 2.00 bits per heavy atom. The van der Waals surface area contributed by atoms with Crippen molar-refractivity contribution in [2.75, 3.05) is 73.1 Å². The molecular weight excluding hydrogens is 393 g/mol. The molecule has 1 aliphatic heterocycles. The molecule has 0 spiro atoms. The van der Waals surface area contributed by atoms with Crippen molar-refractivity contribution in [3.05, 3.63) is 0 Å². The number of rotatable bonds is 8. The van der Waals surface area contributed by atoms with Gasteiger partial charge in [-0.15, -0.1) is 24.0 Å². The van der Waals surface area contributed by atoms with Gasteiger partial charge in [0, 0.05) is 39.8 Å². The second-order valence-electron chi connectivity index (χ2n) is 5.53. The van der Waals surface area contributed by atoms with Crippen LogP contribution in [0.5, 0.6) is 0 Å². The number of methoxy groups -OCH3 is 1. The lowest BCUT2D eigenvalue weighted by Crippen LogP contribution is -2.39. The van der Waals surface area contributed by atoms with Crippen LogP contribution in [0.2, 0.25) is 0 Å². The summed E-state index contributed by atoms with van der Waals surface area (Å²) in [4.78, 5) is 9.59. The molecular formula is C15H34IN5O. The van der Waals surface area contributed by atoms with E-state index in [4.69, 9.17) is 4.74 Å². The van der Waals surface area contributed by atoms with E-state index in [1.165, 1.54) is 32.6 Å². The Morgan fingerprint density at radius 3 is 2.73 bits per heavy atom. The van der Waals surface area contributed by atoms with Crippen molar-refractivity contribution in [2.45, 2.75) is 19.8 Å². The zero-order valence-electron chi connectivity index (χ0n) is 14.4. The van der Waals surface area contributed by atoms with E-state index < -0.39 is 0 Å². The summed E-state index contributed by atoms with van der Waals surface area (Å²) in [7, 11) is 3.92. The second-order valence-corrected chi connectivity index (χ2v) is 5.53. The maximum absolute atomic E-state index is 5.04. The van der Waals surface area contributed by atoms with E-state index in [2.05, 4.69) is 39.4 Å². The maximum atomic E-state index is 5.04. The van der Waals surface area contributed by atoms with Gasteiger partial charge in [-0.1, -0.05) is 0 Å². The molecule has 6 nitrogen and oxygen atoms in total. The van der Waals surface area contributed by atoms with Gasteiger partial charge in [0.1, 0.15) is 0 Å². The van der Waals surface area contributed by atoms with Crippen LogP contribution in [0.15, 0.2) is 4.99 Å². The summed E-state index contributed by atoms with van der Waals surface area (Å²) in [5, 5.41) is 6.53. The predicted molar refractivity (Wildman–Crippen MR) is 104 cm³/mol. The summed E-state index contributed by atoms with van der Waals surface area (Å²) in [6.45, 7) is 11.3. The molecule has 132 valence electrons. The number of guanidine groups is 1. The normalized spacial score (nSPS) is 17.7. The summed E-state index contributed by atoms with van der Waals surface area (Å²) in [5.74, 6) is 0.894. The summed E-state index contributed by atoms with van der Waals surface area (Å²) in [6.07, 6.45) is 2.39. The number of halogens is 1. The van der Waals surface area contributed by atoms with E-state index in [1.807, 2.05) is 0 Å². The highest BCUT2D eigenvalue weighted by Crippen LogP contribution is 2.01. The van der Waals surface area contributed by atoms with Crippen LogP contribution in [0.25, 0.3) is 0 Å². The van der Waals surface area contributed by atoms with Gasteiger partial charge < -0.3 is 25.2 Å². The monoisotopic (exact) mass is 427 g/mol. The lowest BCUT2D eigenvalue weighted by atomic mass is 10.3. The fourth-order valence-electron chi connectivity index (χ4n) is 2.42. The summed E-state index contributed by atoms with van der Waals surface area (Å²) in [5.41, 5.74) is 0. The van der Waals surface area contributed by atoms with E-state index >= 15 is 0 Å². The Kier molecular flexibility index (Phi) is 14.4. The third-order valence-electron chi connectivity index (χ3n) is 3.66. The lowest BCUT2D eigenvalue weighted by molar-refractivity contribution is 0.203. The predicted octanol–water partition coefficient (Wildman–Crippen LogP) is 0.834. The summed E-state index contributed by atoms with van der Waals surface area (Å²) in [6, 6.07) is 0. The molecule has 0 atom stereocenters. The Balaban J connectivity index is 0.00000441. The van der Waals surface area contributed by atoms with Crippen molar-refractivity contribution in [3.63, 3.8) is 0 Å². The van der Waals surface area contributed by atoms with Crippen molar-refractivity contribution in [2.24, 2.45) is 4.99 Å². The first kappa shape index (κ1) is 21.9. The van der Waals surface area contributed by atoms with Crippen LogP contribution >= 0.6 is 24.0 Å². The molecule has 0 aliphatic carbocycles. The van der Waals surface area contributed by atoms with Crippen molar-refractivity contribution in [1.29, 1.82) is 0 Å². The molecule has 2 N–H and O–H groups in total. The number of ether oxygens (including phenoxy) is 1. The van der Waals surface area contributed by atoms with E-state index in [0.717, 1.165) is 38.6 Å². The molecule has 1 fully saturated rings. The number of hydrogen-bond donors (Lipinski definition) is 2. The largest absolute Gasteiger partial charge is 0.383 e. The van der Waals surface area contributed by atoms with Crippen molar-refractivity contribution < 1.29 is 4.74 Å². The molecule has 0 aromatic rings. The minimum absolute atomic E-state index is 0. The van der Waals surface area contributed by atoms with E-state index in [1.54, 1.807) is 7.11 Å². The van der Waals surface area contributed by atoms with Crippen LogP contribution < -0.4 is 10.6 Å². The maximum Gasteiger partial charge on any atom is 0.191 e. The molecule has 22 heavy (non-hydrogen) atoms. The van der Waals surface area contributed by atoms with Gasteiger partial charge in [-0.3, -0.25) is 4.99 Å². The first-order chi connectivity index (χ1) is 10.3. The van der Waals surface area contributed by atoms with Gasteiger partial charge >= 0.3 is 0 Å². The summed E-state index contributed by atoms with van der Waals surface area (Å²) < 4.78 is 5.04. The third kappa shape index (κ3) is 10.6. The van der Waals surface area contributed by atoms with Gasteiger partial charge in [0.25, 0.3) is 0 Å². The van der Waals surface area contributed by atoms with Crippen LogP contribution in [-0.4, -0.2) is 88.9 Å². The Hall–Kier alpha value is -0.120. The topological polar surface area (TPSA) is 52.1 Å². The molecule has 0 radical (unpaired) electrons. The minimum atomic E-state index is 0. The van der Waals surface area contributed by atoms with E-state index in [9.17, 15) is 0 Å². The van der Waals surface area contributed by atoms with Gasteiger partial charge in [0.15, 0.2) is 5.96 Å². The van der Waals surface area contributed by atoms with Crippen molar-refractivity contribution >= 4 is 29.9 Å². The fraction of sp³-hybridized carbons (Fsp3) is 0.933. The number of aliphatic imine (C=N–C) groups is 1. The quantitative estimate of drug-likeness (QED) is 0.260. The Morgan fingerprint density at radius 1 is 1.18 bits per heavy atom. The zero-order valence-corrected chi connectivity index (χ0v) is 16.8. The van der Waals surface area contributed by atoms with Crippen LogP contribution in [0.4, 0.5) is 0 Å². The molecule has 1 aliphatic rings. The van der Waals surface area contributed by atoms with Crippen LogP contribution in [0.3, 0.4) is 0 Å². The highest BCUT2D eigenvalue weighted by atomic mass is 127. The number of nitrogens with one attached hydrogen (secondary N) is 2. The Bertz CT molecular complexity index is 291. The molecule has 0 saturated carbocycles. The molecule has 1 heterocycles. The zero-order chi connectivity index (χ0) is 15.3. The van der Waals surface area contributed by atoms with Crippen molar-refractivity contribution in [1.82, 2.24) is 20.4 Å². The first-order valence-electron chi connectivity index (χ1n) is 8.18. The molecule has 0 aromatic heterocycles. The van der Waals surface area contributed by atoms with E-state index in [-0.39, 0.29) is 24.0 Å². The van der Waals surface area contributed by atoms with Crippen molar-refractivity contribution in [3.8, 4) is 0 Å². The fourth-order valence-corrected chi connectivity index (χ4v) is 2.42. The molecule has 0 bridgehead atoms. The van der Waals surface area contributed by atoms with Crippen LogP contribution in [0, 0.1) is 0 Å². The molecule has 0 unspecified atom stereocenters. The molecule has 7 heteroatoms. The Labute approximate surface area is 153 Å². The van der Waals surface area contributed by atoms with Crippen LogP contribution in [0.1, 0.15) is 19.8 Å². The van der Waals surface area contributed by atoms with Gasteiger partial charge in [0.2, 0.25) is 0 Å². The third-order valence-corrected chi connectivity index (χ3v) is 3.66. The molecule has 1 rings (SSSR count). The smallest absolute Gasteiger partial charge is 0.191 e. The van der Waals surface area contributed by atoms with Gasteiger partial charge in [-0.2, -0.15) is 0 Å². The van der Waals surface area contributed by atoms with Gasteiger partial charge in [-0.05, 0) is 46.4 Å². The second kappa shape index (κ2) is 14.5. The van der Waals surface area contributed by atoms with Gasteiger partial charge in [-0.25, -0.2) is 0 Å². The van der Waals surface area contributed by atoms with Crippen LogP contribution in [-0.2, 0) is 4.74 Å². The average molecular weight is 427 g/mol. The average Bonchev–Trinajstić information content (AvgIpc) is 2.68. The number of nitrogens with zero attached hydrogens (tertiary/aromatic N) is 3. The molecule has 0 aromatic carbocycles. The molecule has 0 amide bonds. The SMILES string of the molecule is CCNC(=NCCCN1CCCN(C)CC1)NCCOC.I. The standard InChI is InChI=1S/C15H33N5O.HI/c1-4-16-15(18-8-14-21-3)17-7-5-10-20-11-6-9-19(2)12-13-20;/h4-14H2,1-3H3,(H2,16,17,18);1H. The van der Waals surface area contributed by atoms with E-state index in [0.29, 0.717) is 6.61 Å². The lowest BCUT2D eigenvalue weighted by Gasteiger charge is -2.19. The molecule has 1 saturated heterocycles. The summed E-state index contributed by atoms with van der Waals surface area (Å²) >= 11 is 0. The minimum Gasteiger partial charge on any atom is -0.383 e.